The highest BCUT2D eigenvalue weighted by atomic mass is 35.5. The number of ether oxygens (including phenoxy) is 1. The molecule has 4 heteroatoms. The molecule has 0 heterocycles. The molecule has 11 heavy (non-hydrogen) atoms. The normalized spacial score (nSPS) is 7.64. The van der Waals surface area contributed by atoms with Gasteiger partial charge in [-0.05, 0) is 0 Å². The monoisotopic (exact) mass is 180 g/mol. The highest BCUT2D eigenvalue weighted by Gasteiger charge is 2.06. The largest absolute Gasteiger partial charge is 0.469 e. The van der Waals surface area contributed by atoms with Crippen LogP contribution in [0.4, 0.5) is 0 Å². The van der Waals surface area contributed by atoms with E-state index in [1.54, 1.807) is 0 Å². The van der Waals surface area contributed by atoms with Crippen molar-refractivity contribution in [3.8, 4) is 0 Å². The van der Waals surface area contributed by atoms with Crippen molar-refractivity contribution in [1.82, 2.24) is 0 Å². The van der Waals surface area contributed by atoms with Gasteiger partial charge in [-0.2, -0.15) is 0 Å². The van der Waals surface area contributed by atoms with Crippen LogP contribution < -0.4 is 0 Å². The van der Waals surface area contributed by atoms with Gasteiger partial charge in [-0.15, -0.1) is 11.6 Å². The minimum atomic E-state index is -0.541. The van der Waals surface area contributed by atoms with Crippen LogP contribution in [0, 0.1) is 0 Å². The Morgan fingerprint density at radius 1 is 1.36 bits per heavy atom. The van der Waals surface area contributed by atoms with E-state index in [4.69, 9.17) is 11.6 Å². The average molecular weight is 181 g/mol. The zero-order valence-corrected chi connectivity index (χ0v) is 7.77. The van der Waals surface area contributed by atoms with E-state index in [-0.39, 0.29) is 18.1 Å². The van der Waals surface area contributed by atoms with Crippen molar-refractivity contribution in [2.24, 2.45) is 0 Å². The third kappa shape index (κ3) is 9.43. The van der Waals surface area contributed by atoms with Crippen molar-refractivity contribution >= 4 is 23.4 Å². The summed E-state index contributed by atoms with van der Waals surface area (Å²) in [7, 11) is 1.23. The standard InChI is InChI=1S/C5H7ClO3.C2H6/c1-9-5(8)2-4(7)3-6;1-2/h2-3H2,1H3;1-2H3. The maximum atomic E-state index is 10.3. The number of alkyl halides is 1. The molecule has 0 radical (unpaired) electrons. The Morgan fingerprint density at radius 2 is 1.82 bits per heavy atom. The second kappa shape index (κ2) is 9.43. The Balaban J connectivity index is 0. The second-order valence-corrected chi connectivity index (χ2v) is 1.69. The van der Waals surface area contributed by atoms with Gasteiger partial charge in [0.05, 0.1) is 13.0 Å². The Hall–Kier alpha value is -0.570. The summed E-state index contributed by atoms with van der Waals surface area (Å²) in [6.07, 6.45) is -0.222. The van der Waals surface area contributed by atoms with Gasteiger partial charge in [0.2, 0.25) is 0 Å². The number of hydrogen-bond donors (Lipinski definition) is 0. The van der Waals surface area contributed by atoms with Gasteiger partial charge < -0.3 is 4.74 Å². The summed E-state index contributed by atoms with van der Waals surface area (Å²) in [6, 6.07) is 0. The summed E-state index contributed by atoms with van der Waals surface area (Å²) in [4.78, 5) is 20.6. The Kier molecular flexibility index (Phi) is 11.2. The van der Waals surface area contributed by atoms with Gasteiger partial charge in [0.15, 0.2) is 5.78 Å². The van der Waals surface area contributed by atoms with Crippen LogP contribution in [-0.4, -0.2) is 24.7 Å². The fourth-order valence-corrected chi connectivity index (χ4v) is 0.375. The summed E-state index contributed by atoms with van der Waals surface area (Å²) >= 11 is 5.10. The van der Waals surface area contributed by atoms with Gasteiger partial charge in [-0.25, -0.2) is 0 Å². The van der Waals surface area contributed by atoms with Crippen molar-refractivity contribution in [3.05, 3.63) is 0 Å². The molecule has 0 aliphatic rings. The smallest absolute Gasteiger partial charge is 0.313 e. The van der Waals surface area contributed by atoms with Gasteiger partial charge in [0.25, 0.3) is 0 Å². The second-order valence-electron chi connectivity index (χ2n) is 1.43. The number of carbonyl (C=O) groups excluding carboxylic acids is 2. The molecule has 3 nitrogen and oxygen atoms in total. The predicted molar refractivity (Wildman–Crippen MR) is 43.7 cm³/mol. The molecular weight excluding hydrogens is 168 g/mol. The summed E-state index contributed by atoms with van der Waals surface area (Å²) in [6.45, 7) is 4.00. The Bertz CT molecular complexity index is 109. The molecule has 0 spiro atoms. The molecule has 0 aliphatic carbocycles. The van der Waals surface area contributed by atoms with Crippen LogP contribution in [0.15, 0.2) is 0 Å². The van der Waals surface area contributed by atoms with E-state index in [1.807, 2.05) is 13.8 Å². The van der Waals surface area contributed by atoms with Crippen molar-refractivity contribution < 1.29 is 14.3 Å². The first kappa shape index (κ1) is 13.1. The maximum absolute atomic E-state index is 10.3. The molecule has 0 N–H and O–H groups in total. The molecule has 0 saturated carbocycles. The van der Waals surface area contributed by atoms with Crippen LogP contribution in [0.25, 0.3) is 0 Å². The predicted octanol–water partition coefficient (Wildman–Crippen LogP) is 1.38. The molecule has 0 aromatic heterocycles. The van der Waals surface area contributed by atoms with E-state index in [0.29, 0.717) is 0 Å². The molecule has 0 saturated heterocycles. The topological polar surface area (TPSA) is 43.4 Å². The molecule has 0 aromatic carbocycles. The summed E-state index contributed by atoms with van der Waals surface area (Å²) in [5, 5.41) is 0. The molecule has 0 atom stereocenters. The number of hydrogen-bond acceptors (Lipinski definition) is 3. The zero-order valence-electron chi connectivity index (χ0n) is 7.02. The molecular formula is C7H13ClO3. The lowest BCUT2D eigenvalue weighted by molar-refractivity contribution is -0.142. The molecule has 0 unspecified atom stereocenters. The highest BCUT2D eigenvalue weighted by molar-refractivity contribution is 6.28. The third-order valence-corrected chi connectivity index (χ3v) is 1.02. The van der Waals surface area contributed by atoms with Crippen molar-refractivity contribution in [1.29, 1.82) is 0 Å². The number of methoxy groups -OCH3 is 1. The van der Waals surface area contributed by atoms with Crippen LogP contribution >= 0.6 is 11.6 Å². The van der Waals surface area contributed by atoms with E-state index in [2.05, 4.69) is 4.74 Å². The number of ketones is 1. The van der Waals surface area contributed by atoms with E-state index in [0.717, 1.165) is 0 Å². The molecule has 0 bridgehead atoms. The fraction of sp³-hybridized carbons (Fsp3) is 0.714. The van der Waals surface area contributed by atoms with Crippen molar-refractivity contribution in [3.63, 3.8) is 0 Å². The third-order valence-electron chi connectivity index (χ3n) is 0.718. The molecule has 0 fully saturated rings. The van der Waals surface area contributed by atoms with Crippen LogP contribution in [0.1, 0.15) is 20.3 Å². The van der Waals surface area contributed by atoms with Crippen molar-refractivity contribution in [2.75, 3.05) is 13.0 Å². The Labute approximate surface area is 71.7 Å². The van der Waals surface area contributed by atoms with E-state index >= 15 is 0 Å². The number of rotatable bonds is 3. The van der Waals surface area contributed by atoms with Gasteiger partial charge in [0, 0.05) is 0 Å². The van der Waals surface area contributed by atoms with E-state index in [1.165, 1.54) is 7.11 Å². The number of Topliss-reactive ketones (excluding diaryl/α,β-unsaturated/α-hetero) is 1. The van der Waals surface area contributed by atoms with Gasteiger partial charge in [-0.3, -0.25) is 9.59 Å². The average Bonchev–Trinajstić information content (AvgIpc) is 2.07. The van der Waals surface area contributed by atoms with E-state index < -0.39 is 5.97 Å². The van der Waals surface area contributed by atoms with Gasteiger partial charge in [-0.1, -0.05) is 13.8 Å². The molecule has 0 rings (SSSR count). The maximum Gasteiger partial charge on any atom is 0.313 e. The molecule has 0 aromatic rings. The molecule has 66 valence electrons. The number of halogens is 1. The van der Waals surface area contributed by atoms with Crippen LogP contribution in [0.3, 0.4) is 0 Å². The number of carbonyl (C=O) groups is 2. The SMILES string of the molecule is CC.COC(=O)CC(=O)CCl. The first-order valence-electron chi connectivity index (χ1n) is 3.35. The van der Waals surface area contributed by atoms with Crippen LogP contribution in [-0.2, 0) is 14.3 Å². The first-order chi connectivity index (χ1) is 5.20. The van der Waals surface area contributed by atoms with Gasteiger partial charge in [0.1, 0.15) is 6.42 Å². The lowest BCUT2D eigenvalue weighted by Crippen LogP contribution is -2.09. The minimum Gasteiger partial charge on any atom is -0.469 e. The van der Waals surface area contributed by atoms with Crippen molar-refractivity contribution in [2.45, 2.75) is 20.3 Å². The summed E-state index contributed by atoms with van der Waals surface area (Å²) in [5.74, 6) is -0.987. The summed E-state index contributed by atoms with van der Waals surface area (Å²) < 4.78 is 4.20. The van der Waals surface area contributed by atoms with E-state index in [9.17, 15) is 9.59 Å². The Morgan fingerprint density at radius 3 is 2.09 bits per heavy atom. The quantitative estimate of drug-likeness (QED) is 0.375. The first-order valence-corrected chi connectivity index (χ1v) is 3.88. The zero-order chi connectivity index (χ0) is 9.28. The minimum absolute atomic E-state index is 0.130. The molecule has 0 aliphatic heterocycles. The molecule has 0 amide bonds. The fourth-order valence-electron chi connectivity index (χ4n) is 0.280. The number of esters is 1. The van der Waals surface area contributed by atoms with Crippen LogP contribution in [0.2, 0.25) is 0 Å². The van der Waals surface area contributed by atoms with Gasteiger partial charge >= 0.3 is 5.97 Å². The van der Waals surface area contributed by atoms with Crippen LogP contribution in [0.5, 0.6) is 0 Å². The lowest BCUT2D eigenvalue weighted by atomic mass is 10.3. The lowest BCUT2D eigenvalue weighted by Gasteiger charge is -1.93. The highest BCUT2D eigenvalue weighted by Crippen LogP contribution is 1.88. The summed E-state index contributed by atoms with van der Waals surface area (Å²) in [5.41, 5.74) is 0.